The highest BCUT2D eigenvalue weighted by Crippen LogP contribution is 2.25. The number of para-hydroxylation sites is 1. The number of hydrogen-bond donors (Lipinski definition) is 2. The second-order valence-corrected chi connectivity index (χ2v) is 7.76. The quantitative estimate of drug-likeness (QED) is 0.802. The Bertz CT molecular complexity index is 753. The Kier molecular flexibility index (Phi) is 6.73. The third-order valence-corrected chi connectivity index (χ3v) is 5.94. The van der Waals surface area contributed by atoms with Gasteiger partial charge in [0.05, 0.1) is 11.8 Å². The number of thioether (sulfide) groups is 1. The lowest BCUT2D eigenvalue weighted by molar-refractivity contribution is -0.132. The van der Waals surface area contributed by atoms with E-state index in [2.05, 4.69) is 20.8 Å². The molecule has 1 amide bonds. The van der Waals surface area contributed by atoms with Crippen LogP contribution in [0, 0.1) is 11.7 Å². The summed E-state index contributed by atoms with van der Waals surface area (Å²) < 4.78 is 13.7. The molecule has 1 aromatic carbocycles. The summed E-state index contributed by atoms with van der Waals surface area (Å²) >= 11 is 1.51. The summed E-state index contributed by atoms with van der Waals surface area (Å²) in [6.07, 6.45) is 3.01. The number of rotatable bonds is 3. The zero-order chi connectivity index (χ0) is 17.9. The summed E-state index contributed by atoms with van der Waals surface area (Å²) in [5, 5.41) is 8.38. The molecular formula is C18H23ClFN5OS. The molecule has 2 N–H and O–H groups in total. The van der Waals surface area contributed by atoms with E-state index in [1.165, 1.54) is 17.8 Å². The molecule has 0 aliphatic carbocycles. The van der Waals surface area contributed by atoms with Gasteiger partial charge in [0.2, 0.25) is 5.91 Å². The number of amides is 1. The molecule has 2 atom stereocenters. The van der Waals surface area contributed by atoms with Crippen LogP contribution in [0.4, 0.5) is 10.1 Å². The number of hydrogen-bond acceptors (Lipinski definition) is 5. The van der Waals surface area contributed by atoms with Crippen molar-refractivity contribution in [2.75, 3.05) is 25.4 Å². The van der Waals surface area contributed by atoms with Gasteiger partial charge in [-0.15, -0.1) is 12.4 Å². The number of carbonyl (C=O) groups is 1. The van der Waals surface area contributed by atoms with Gasteiger partial charge in [-0.1, -0.05) is 23.9 Å². The van der Waals surface area contributed by atoms with Gasteiger partial charge in [-0.3, -0.25) is 10.2 Å². The average Bonchev–Trinajstić information content (AvgIpc) is 3.36. The van der Waals surface area contributed by atoms with E-state index in [0.717, 1.165) is 44.6 Å². The molecule has 0 saturated carbocycles. The minimum Gasteiger partial charge on any atom is -0.341 e. The number of likely N-dealkylation sites (tertiary alicyclic amines) is 1. The molecule has 146 valence electrons. The fraction of sp³-hybridized carbons (Fsp3) is 0.500. The van der Waals surface area contributed by atoms with Crippen LogP contribution in [-0.4, -0.2) is 53.1 Å². The number of hydrazone groups is 1. The molecule has 4 rings (SSSR count). The molecule has 3 aliphatic heterocycles. The lowest BCUT2D eigenvalue weighted by Gasteiger charge is -2.21. The summed E-state index contributed by atoms with van der Waals surface area (Å²) in [7, 11) is 0. The Morgan fingerprint density at radius 1 is 1.30 bits per heavy atom. The van der Waals surface area contributed by atoms with Crippen LogP contribution in [0.15, 0.2) is 34.4 Å². The molecule has 27 heavy (non-hydrogen) atoms. The zero-order valence-corrected chi connectivity index (χ0v) is 16.5. The molecule has 3 aliphatic rings. The van der Waals surface area contributed by atoms with E-state index in [4.69, 9.17) is 0 Å². The van der Waals surface area contributed by atoms with Crippen molar-refractivity contribution in [2.45, 2.75) is 25.3 Å². The topological polar surface area (TPSA) is 69.1 Å². The summed E-state index contributed by atoms with van der Waals surface area (Å²) in [5.41, 5.74) is 4.27. The Morgan fingerprint density at radius 3 is 2.78 bits per heavy atom. The first-order valence-corrected chi connectivity index (χ1v) is 10.00. The van der Waals surface area contributed by atoms with Crippen molar-refractivity contribution in [2.24, 2.45) is 16.0 Å². The van der Waals surface area contributed by atoms with Crippen molar-refractivity contribution >= 4 is 46.6 Å². The van der Waals surface area contributed by atoms with Crippen LogP contribution in [0.2, 0.25) is 0 Å². The fourth-order valence-electron chi connectivity index (χ4n) is 3.58. The van der Waals surface area contributed by atoms with Crippen molar-refractivity contribution in [1.82, 2.24) is 15.6 Å². The van der Waals surface area contributed by atoms with E-state index >= 15 is 0 Å². The summed E-state index contributed by atoms with van der Waals surface area (Å²) in [5.74, 6) is 0.836. The van der Waals surface area contributed by atoms with Gasteiger partial charge in [0.1, 0.15) is 11.5 Å². The van der Waals surface area contributed by atoms with Gasteiger partial charge in [0.15, 0.2) is 5.17 Å². The number of aliphatic imine (C=N–C) groups is 1. The van der Waals surface area contributed by atoms with Crippen molar-refractivity contribution in [1.29, 1.82) is 0 Å². The first-order valence-electron chi connectivity index (χ1n) is 9.01. The monoisotopic (exact) mass is 411 g/mol. The molecule has 0 bridgehead atoms. The molecule has 1 aromatic rings. The Hall–Kier alpha value is -1.64. The van der Waals surface area contributed by atoms with Crippen LogP contribution in [-0.2, 0) is 4.79 Å². The van der Waals surface area contributed by atoms with E-state index < -0.39 is 0 Å². The molecule has 6 nitrogen and oxygen atoms in total. The third-order valence-electron chi connectivity index (χ3n) is 5.04. The van der Waals surface area contributed by atoms with E-state index in [1.807, 2.05) is 4.90 Å². The molecule has 9 heteroatoms. The number of nitrogens with zero attached hydrogens (tertiary/aromatic N) is 3. The molecule has 3 heterocycles. The zero-order valence-electron chi connectivity index (χ0n) is 14.9. The number of carbonyl (C=O) groups excluding carboxylic acids is 1. The van der Waals surface area contributed by atoms with Crippen LogP contribution >= 0.6 is 24.2 Å². The Labute approximate surface area is 168 Å². The first-order chi connectivity index (χ1) is 12.7. The van der Waals surface area contributed by atoms with Gasteiger partial charge in [0, 0.05) is 31.3 Å². The van der Waals surface area contributed by atoms with Crippen molar-refractivity contribution < 1.29 is 9.18 Å². The number of amidine groups is 1. The number of benzene rings is 1. The predicted octanol–water partition coefficient (Wildman–Crippen LogP) is 2.53. The van der Waals surface area contributed by atoms with Crippen LogP contribution in [0.3, 0.4) is 0 Å². The fourth-order valence-corrected chi connectivity index (χ4v) is 4.44. The van der Waals surface area contributed by atoms with Crippen molar-refractivity contribution in [3.8, 4) is 0 Å². The molecule has 2 unspecified atom stereocenters. The molecule has 2 saturated heterocycles. The van der Waals surface area contributed by atoms with Gasteiger partial charge in [-0.2, -0.15) is 5.10 Å². The maximum atomic E-state index is 13.7. The second kappa shape index (κ2) is 9.03. The molecule has 2 fully saturated rings. The SMILES string of the molecule is Cl.O=C(C1CC(C2=NNC(=Nc3ccccc3F)SC2)CN1)N1CCCC1. The minimum atomic E-state index is -0.347. The maximum Gasteiger partial charge on any atom is 0.239 e. The van der Waals surface area contributed by atoms with Crippen LogP contribution in [0.25, 0.3) is 0 Å². The van der Waals surface area contributed by atoms with Gasteiger partial charge in [0.25, 0.3) is 0 Å². The molecular weight excluding hydrogens is 389 g/mol. The Balaban J connectivity index is 0.00000210. The van der Waals surface area contributed by atoms with E-state index in [1.54, 1.807) is 18.2 Å². The van der Waals surface area contributed by atoms with Crippen LogP contribution < -0.4 is 10.7 Å². The lowest BCUT2D eigenvalue weighted by Crippen LogP contribution is -2.42. The molecule has 0 spiro atoms. The Morgan fingerprint density at radius 2 is 2.07 bits per heavy atom. The number of nitrogens with one attached hydrogen (secondary N) is 2. The lowest BCUT2D eigenvalue weighted by atomic mass is 10.0. The standard InChI is InChI=1S/C18H22FN5OS.ClH/c19-13-5-1-2-6-14(13)21-18-23-22-16(11-26-18)12-9-15(20-10-12)17(25)24-7-3-4-8-24;/h1-2,5-6,12,15,20H,3-4,7-11H2,(H,21,23);1H. The van der Waals surface area contributed by atoms with Gasteiger partial charge in [-0.25, -0.2) is 9.38 Å². The highest BCUT2D eigenvalue weighted by Gasteiger charge is 2.35. The molecule has 0 aromatic heterocycles. The summed E-state index contributed by atoms with van der Waals surface area (Å²) in [6, 6.07) is 6.33. The molecule has 0 radical (unpaired) electrons. The van der Waals surface area contributed by atoms with E-state index in [9.17, 15) is 9.18 Å². The van der Waals surface area contributed by atoms with Crippen molar-refractivity contribution in [3.63, 3.8) is 0 Å². The van der Waals surface area contributed by atoms with Crippen molar-refractivity contribution in [3.05, 3.63) is 30.1 Å². The smallest absolute Gasteiger partial charge is 0.239 e. The summed E-state index contributed by atoms with van der Waals surface area (Å²) in [4.78, 5) is 18.8. The maximum absolute atomic E-state index is 13.7. The third kappa shape index (κ3) is 4.62. The highest BCUT2D eigenvalue weighted by molar-refractivity contribution is 8.14. The van der Waals surface area contributed by atoms with Gasteiger partial charge < -0.3 is 10.2 Å². The highest BCUT2D eigenvalue weighted by atomic mass is 35.5. The second-order valence-electron chi connectivity index (χ2n) is 6.80. The van der Waals surface area contributed by atoms with E-state index in [-0.39, 0.29) is 36.1 Å². The largest absolute Gasteiger partial charge is 0.341 e. The average molecular weight is 412 g/mol. The first kappa shape index (κ1) is 20.1. The normalized spacial score (nSPS) is 26.5. The minimum absolute atomic E-state index is 0. The summed E-state index contributed by atoms with van der Waals surface area (Å²) in [6.45, 7) is 2.54. The van der Waals surface area contributed by atoms with Gasteiger partial charge >= 0.3 is 0 Å². The van der Waals surface area contributed by atoms with Crippen LogP contribution in [0.5, 0.6) is 0 Å². The van der Waals surface area contributed by atoms with Gasteiger partial charge in [-0.05, 0) is 31.4 Å². The predicted molar refractivity (Wildman–Crippen MR) is 109 cm³/mol. The van der Waals surface area contributed by atoms with E-state index in [0.29, 0.717) is 16.6 Å². The number of halogens is 2. The van der Waals surface area contributed by atoms with Crippen LogP contribution in [0.1, 0.15) is 19.3 Å².